The first-order valence-electron chi connectivity index (χ1n) is 10.5. The second kappa shape index (κ2) is 6.58. The number of nitrogens with zero attached hydrogens (tertiary/aromatic N) is 2. The summed E-state index contributed by atoms with van der Waals surface area (Å²) in [5.41, 5.74) is 3.35. The van der Waals surface area contributed by atoms with E-state index in [2.05, 4.69) is 41.3 Å². The molecule has 0 aromatic heterocycles. The molecule has 29 heavy (non-hydrogen) atoms. The Balaban J connectivity index is 1.14. The Morgan fingerprint density at radius 1 is 0.931 bits per heavy atom. The molecular weight excluding hydrogens is 380 g/mol. The van der Waals surface area contributed by atoms with Crippen LogP contribution in [-0.2, 0) is 0 Å². The highest BCUT2D eigenvalue weighted by Crippen LogP contribution is 2.51. The van der Waals surface area contributed by atoms with Crippen LogP contribution in [0.25, 0.3) is 10.8 Å². The number of rotatable bonds is 4. The van der Waals surface area contributed by atoms with Crippen LogP contribution in [0.15, 0.2) is 60.7 Å². The van der Waals surface area contributed by atoms with E-state index in [1.54, 1.807) is 0 Å². The van der Waals surface area contributed by atoms with Crippen LogP contribution in [0, 0.1) is 11.8 Å². The van der Waals surface area contributed by atoms with Crippen molar-refractivity contribution < 1.29 is 4.79 Å². The van der Waals surface area contributed by atoms with Gasteiger partial charge in [0.15, 0.2) is 0 Å². The van der Waals surface area contributed by atoms with E-state index in [0.717, 1.165) is 65.1 Å². The Morgan fingerprint density at radius 3 is 2.55 bits per heavy atom. The van der Waals surface area contributed by atoms with Gasteiger partial charge in [0.25, 0.3) is 5.91 Å². The van der Waals surface area contributed by atoms with Crippen molar-refractivity contribution in [3.8, 4) is 0 Å². The molecule has 2 fully saturated rings. The Labute approximate surface area is 175 Å². The van der Waals surface area contributed by atoms with E-state index in [-0.39, 0.29) is 5.91 Å². The summed E-state index contributed by atoms with van der Waals surface area (Å²) in [7, 11) is 0. The zero-order chi connectivity index (χ0) is 19.5. The third kappa shape index (κ3) is 2.72. The van der Waals surface area contributed by atoms with E-state index in [9.17, 15) is 4.79 Å². The van der Waals surface area contributed by atoms with Crippen molar-refractivity contribution in [2.24, 2.45) is 11.8 Å². The molecule has 3 unspecified atom stereocenters. The van der Waals surface area contributed by atoms with E-state index in [1.807, 2.05) is 29.2 Å². The SMILES string of the molecule is O=C1c2cccc3cccc(c23)N1CCN1CC2CC(c3ccc(Cl)cc3)C2C1. The number of hydrogen-bond donors (Lipinski definition) is 0. The Hall–Kier alpha value is -2.36. The standard InChI is InChI=1S/C25H23ClN2O/c26-19-9-7-16(8-10-19)21-13-18-14-27(15-22(18)21)11-12-28-23-6-2-4-17-3-1-5-20(24(17)23)25(28)29/h1-10,18,21-22H,11-15H2. The number of hydrogen-bond acceptors (Lipinski definition) is 2. The maximum atomic E-state index is 13.0. The summed E-state index contributed by atoms with van der Waals surface area (Å²) in [5, 5.41) is 3.08. The first kappa shape index (κ1) is 17.5. The minimum absolute atomic E-state index is 0.151. The lowest BCUT2D eigenvalue weighted by atomic mass is 9.64. The van der Waals surface area contributed by atoms with Crippen molar-refractivity contribution in [3.63, 3.8) is 0 Å². The molecule has 3 atom stereocenters. The second-order valence-electron chi connectivity index (χ2n) is 8.71. The fraction of sp³-hybridized carbons (Fsp3) is 0.320. The molecule has 0 radical (unpaired) electrons. The Kier molecular flexibility index (Phi) is 3.97. The van der Waals surface area contributed by atoms with Gasteiger partial charge >= 0.3 is 0 Å². The van der Waals surface area contributed by atoms with Crippen molar-refractivity contribution >= 4 is 34.0 Å². The van der Waals surface area contributed by atoms with E-state index < -0.39 is 0 Å². The third-order valence-electron chi connectivity index (χ3n) is 7.23. The summed E-state index contributed by atoms with van der Waals surface area (Å²) in [6, 6.07) is 20.7. The molecule has 3 nitrogen and oxygen atoms in total. The van der Waals surface area contributed by atoms with Crippen LogP contribution in [0.3, 0.4) is 0 Å². The normalized spacial score (nSPS) is 25.5. The highest BCUT2D eigenvalue weighted by Gasteiger charge is 2.47. The molecule has 2 heterocycles. The highest BCUT2D eigenvalue weighted by molar-refractivity contribution is 6.30. The maximum Gasteiger partial charge on any atom is 0.259 e. The molecule has 0 bridgehead atoms. The monoisotopic (exact) mass is 402 g/mol. The molecule has 2 aliphatic heterocycles. The molecule has 1 saturated heterocycles. The predicted octanol–water partition coefficient (Wildman–Crippen LogP) is 5.19. The van der Waals surface area contributed by atoms with Gasteiger partial charge in [-0.1, -0.05) is 48.0 Å². The lowest BCUT2D eigenvalue weighted by Gasteiger charge is -2.40. The second-order valence-corrected chi connectivity index (χ2v) is 9.15. The molecule has 1 aliphatic carbocycles. The van der Waals surface area contributed by atoms with Crippen molar-refractivity contribution in [2.75, 3.05) is 31.1 Å². The summed E-state index contributed by atoms with van der Waals surface area (Å²) in [4.78, 5) is 17.5. The van der Waals surface area contributed by atoms with Gasteiger partial charge in [0.2, 0.25) is 0 Å². The summed E-state index contributed by atoms with van der Waals surface area (Å²) >= 11 is 6.05. The Morgan fingerprint density at radius 2 is 1.72 bits per heavy atom. The van der Waals surface area contributed by atoms with Crippen LogP contribution in [0.4, 0.5) is 5.69 Å². The summed E-state index contributed by atoms with van der Waals surface area (Å²) in [6.45, 7) is 4.00. The van der Waals surface area contributed by atoms with Crippen molar-refractivity contribution in [2.45, 2.75) is 12.3 Å². The molecule has 0 N–H and O–H groups in total. The Bertz CT molecular complexity index is 1100. The van der Waals surface area contributed by atoms with Crippen LogP contribution in [0.5, 0.6) is 0 Å². The van der Waals surface area contributed by atoms with Crippen molar-refractivity contribution in [3.05, 3.63) is 76.8 Å². The lowest BCUT2D eigenvalue weighted by Crippen LogP contribution is -2.36. The first-order chi connectivity index (χ1) is 14.2. The van der Waals surface area contributed by atoms with Crippen LogP contribution in [-0.4, -0.2) is 37.0 Å². The molecule has 0 spiro atoms. The minimum Gasteiger partial charge on any atom is -0.306 e. The predicted molar refractivity (Wildman–Crippen MR) is 118 cm³/mol. The van der Waals surface area contributed by atoms with E-state index in [1.165, 1.54) is 12.0 Å². The topological polar surface area (TPSA) is 23.6 Å². The van der Waals surface area contributed by atoms with Gasteiger partial charge in [-0.2, -0.15) is 0 Å². The van der Waals surface area contributed by atoms with Gasteiger partial charge in [-0.15, -0.1) is 0 Å². The number of anilines is 1. The number of carbonyl (C=O) groups is 1. The minimum atomic E-state index is 0.151. The molecule has 3 aliphatic rings. The average molecular weight is 403 g/mol. The van der Waals surface area contributed by atoms with Gasteiger partial charge in [0.1, 0.15) is 0 Å². The number of fused-ring (bicyclic) bond motifs is 1. The molecule has 146 valence electrons. The summed E-state index contributed by atoms with van der Waals surface area (Å²) < 4.78 is 0. The van der Waals surface area contributed by atoms with Gasteiger partial charge in [-0.25, -0.2) is 0 Å². The number of likely N-dealkylation sites (tertiary alicyclic amines) is 1. The van der Waals surface area contributed by atoms with Gasteiger partial charge in [-0.05, 0) is 59.4 Å². The average Bonchev–Trinajstić information content (AvgIpc) is 3.19. The zero-order valence-electron chi connectivity index (χ0n) is 16.2. The van der Waals surface area contributed by atoms with E-state index in [0.29, 0.717) is 5.92 Å². The van der Waals surface area contributed by atoms with Crippen LogP contribution in [0.1, 0.15) is 28.3 Å². The number of benzene rings is 3. The van der Waals surface area contributed by atoms with Crippen molar-refractivity contribution in [1.82, 2.24) is 4.90 Å². The summed E-state index contributed by atoms with van der Waals surface area (Å²) in [6.07, 6.45) is 1.27. The maximum absolute atomic E-state index is 13.0. The lowest BCUT2D eigenvalue weighted by molar-refractivity contribution is 0.0990. The van der Waals surface area contributed by atoms with E-state index >= 15 is 0 Å². The van der Waals surface area contributed by atoms with Gasteiger partial charge in [-0.3, -0.25) is 4.79 Å². The molecule has 1 saturated carbocycles. The van der Waals surface area contributed by atoms with Crippen LogP contribution in [0.2, 0.25) is 5.02 Å². The molecule has 6 rings (SSSR count). The highest BCUT2D eigenvalue weighted by atomic mass is 35.5. The summed E-state index contributed by atoms with van der Waals surface area (Å²) in [5.74, 6) is 2.35. The fourth-order valence-corrected chi connectivity index (χ4v) is 5.84. The van der Waals surface area contributed by atoms with Crippen LogP contribution < -0.4 is 4.90 Å². The van der Waals surface area contributed by atoms with Gasteiger partial charge < -0.3 is 9.80 Å². The van der Waals surface area contributed by atoms with E-state index in [4.69, 9.17) is 11.6 Å². The number of halogens is 1. The molecule has 3 aromatic carbocycles. The quantitative estimate of drug-likeness (QED) is 0.599. The molecule has 1 amide bonds. The van der Waals surface area contributed by atoms with Crippen LogP contribution >= 0.6 is 11.6 Å². The largest absolute Gasteiger partial charge is 0.306 e. The number of carbonyl (C=O) groups excluding carboxylic acids is 1. The molecule has 3 aromatic rings. The van der Waals surface area contributed by atoms with Gasteiger partial charge in [0, 0.05) is 42.2 Å². The first-order valence-corrected chi connectivity index (χ1v) is 10.9. The van der Waals surface area contributed by atoms with Crippen molar-refractivity contribution in [1.29, 1.82) is 0 Å². The third-order valence-corrected chi connectivity index (χ3v) is 7.48. The smallest absolute Gasteiger partial charge is 0.259 e. The molecular formula is C25H23ClN2O. The molecule has 4 heteroatoms. The number of amides is 1. The zero-order valence-corrected chi connectivity index (χ0v) is 17.0. The van der Waals surface area contributed by atoms with Gasteiger partial charge in [0.05, 0.1) is 5.69 Å². The fourth-order valence-electron chi connectivity index (χ4n) is 5.72.